The van der Waals surface area contributed by atoms with Gasteiger partial charge in [-0.3, -0.25) is 14.4 Å². The van der Waals surface area contributed by atoms with Gasteiger partial charge in [0.1, 0.15) is 0 Å². The fourth-order valence-electron chi connectivity index (χ4n) is 14.2. The summed E-state index contributed by atoms with van der Waals surface area (Å²) in [5, 5.41) is 22.8. The summed E-state index contributed by atoms with van der Waals surface area (Å²) in [6.07, 6.45) is 15.5. The Kier molecular flexibility index (Phi) is 6.80. The minimum Gasteiger partial charge on any atom is -0.481 e. The molecule has 1 aromatic carbocycles. The van der Waals surface area contributed by atoms with Gasteiger partial charge < -0.3 is 19.7 Å². The van der Waals surface area contributed by atoms with Gasteiger partial charge in [0.15, 0.2) is 17.3 Å². The second-order valence-electron chi connectivity index (χ2n) is 21.1. The number of allylic oxidation sites excluding steroid dienone is 3. The number of carboxylic acid groups (broad SMARTS) is 1. The molecule has 0 amide bonds. The molecule has 53 heavy (non-hydrogen) atoms. The van der Waals surface area contributed by atoms with Crippen LogP contribution in [0.15, 0.2) is 47.1 Å². The first-order valence-electron chi connectivity index (χ1n) is 20.3. The molecule has 4 saturated carbocycles. The Hall–Kier alpha value is -3.19. The Morgan fingerprint density at radius 1 is 0.774 bits per heavy atom. The molecule has 0 aromatic heterocycles. The summed E-state index contributed by atoms with van der Waals surface area (Å²) < 4.78 is 13.3. The number of ketones is 2. The van der Waals surface area contributed by atoms with E-state index in [1.807, 2.05) is 25.1 Å². The SMILES string of the molecule is CC1(C)CCC[C@]2(C)c3cc4c(cc3C(=O)C[C@@H]12)O[C@@]1(C)C2=CC=C3[C@@](C)(CC[C@@]5(C)[C@@H]6C[C@](C)(C(=O)O)CC[C@]6(C)CC[C@]35C)C2=CC(=O)[C@@]1(O)O4. The van der Waals surface area contributed by atoms with E-state index in [2.05, 4.69) is 54.5 Å². The van der Waals surface area contributed by atoms with Gasteiger partial charge >= 0.3 is 11.8 Å². The standard InChI is InChI=1S/C46H58O7/c1-38(2)13-10-14-41(5)28-22-32-31(21-26(28)30(47)24-34(38)41)52-45(9)27-11-12-33-42(6,29(27)23-36(48)46(45,51)53-32)18-20-44(8)35-25-40(4,37(49)50)16-15-39(35,3)17-19-43(33,44)7/h11-12,21-23,34-35,51H,10,13-20,24-25H2,1-9H3,(H,49,50)/t34-,35+,39+,40+,41+,42-,43+,44-,45-,46+/m0/s1. The van der Waals surface area contributed by atoms with E-state index in [0.717, 1.165) is 68.1 Å². The van der Waals surface area contributed by atoms with Crippen molar-refractivity contribution in [3.05, 3.63) is 58.2 Å². The lowest BCUT2D eigenvalue weighted by atomic mass is 9.34. The number of ether oxygens (including phenoxy) is 2. The van der Waals surface area contributed by atoms with Crippen LogP contribution < -0.4 is 9.47 Å². The van der Waals surface area contributed by atoms with Gasteiger partial charge in [0.25, 0.3) is 0 Å². The summed E-state index contributed by atoms with van der Waals surface area (Å²) >= 11 is 0. The molecule has 10 atom stereocenters. The number of rotatable bonds is 1. The van der Waals surface area contributed by atoms with Crippen LogP contribution in [0.25, 0.3) is 0 Å². The normalized spacial score (nSPS) is 47.5. The molecular formula is C46H58O7. The number of carbonyl (C=O) groups excluding carboxylic acids is 2. The van der Waals surface area contributed by atoms with Gasteiger partial charge in [-0.25, -0.2) is 0 Å². The first-order valence-corrected chi connectivity index (χ1v) is 20.3. The highest BCUT2D eigenvalue weighted by atomic mass is 16.7. The molecule has 7 heteroatoms. The van der Waals surface area contributed by atoms with Gasteiger partial charge in [0, 0.05) is 23.0 Å². The van der Waals surface area contributed by atoms with Gasteiger partial charge in [-0.2, -0.15) is 0 Å². The summed E-state index contributed by atoms with van der Waals surface area (Å²) in [7, 11) is 0. The second kappa shape index (κ2) is 10.2. The number of benzene rings is 1. The van der Waals surface area contributed by atoms with E-state index in [4.69, 9.17) is 9.47 Å². The van der Waals surface area contributed by atoms with Crippen LogP contribution in [0.1, 0.15) is 149 Å². The average molecular weight is 723 g/mol. The van der Waals surface area contributed by atoms with Crippen molar-refractivity contribution in [2.75, 3.05) is 0 Å². The fraction of sp³-hybridized carbons (Fsp3) is 0.674. The molecule has 4 fully saturated rings. The molecule has 0 saturated heterocycles. The maximum atomic E-state index is 14.5. The van der Waals surface area contributed by atoms with Crippen molar-refractivity contribution in [3.63, 3.8) is 0 Å². The maximum absolute atomic E-state index is 14.5. The van der Waals surface area contributed by atoms with Gasteiger partial charge in [-0.15, -0.1) is 0 Å². The van der Waals surface area contributed by atoms with Gasteiger partial charge in [0.2, 0.25) is 11.4 Å². The van der Waals surface area contributed by atoms with E-state index < -0.39 is 34.0 Å². The van der Waals surface area contributed by atoms with Crippen LogP contribution >= 0.6 is 0 Å². The number of fused-ring (bicyclic) bond motifs is 13. The zero-order valence-electron chi connectivity index (χ0n) is 33.3. The van der Waals surface area contributed by atoms with E-state index in [1.165, 1.54) is 5.57 Å². The van der Waals surface area contributed by atoms with Crippen LogP contribution in [0, 0.1) is 44.3 Å². The van der Waals surface area contributed by atoms with Crippen molar-refractivity contribution in [1.82, 2.24) is 0 Å². The molecule has 0 unspecified atom stereocenters. The van der Waals surface area contributed by atoms with Crippen molar-refractivity contribution in [2.24, 2.45) is 44.3 Å². The molecule has 1 heterocycles. The molecule has 0 spiro atoms. The lowest BCUT2D eigenvalue weighted by Crippen LogP contribution is -2.70. The predicted molar refractivity (Wildman–Crippen MR) is 202 cm³/mol. The minimum absolute atomic E-state index is 0.0151. The first-order chi connectivity index (χ1) is 24.5. The Morgan fingerprint density at radius 3 is 2.19 bits per heavy atom. The van der Waals surface area contributed by atoms with Gasteiger partial charge in [0.05, 0.1) is 5.41 Å². The number of aliphatic hydroxyl groups is 1. The number of aliphatic carboxylic acids is 1. The van der Waals surface area contributed by atoms with Crippen molar-refractivity contribution in [3.8, 4) is 11.5 Å². The molecule has 2 N–H and O–H groups in total. The largest absolute Gasteiger partial charge is 0.481 e. The molecule has 7 nitrogen and oxygen atoms in total. The van der Waals surface area contributed by atoms with Crippen molar-refractivity contribution < 1.29 is 34.1 Å². The monoisotopic (exact) mass is 722 g/mol. The number of carboxylic acids is 1. The van der Waals surface area contributed by atoms with E-state index in [1.54, 1.807) is 13.0 Å². The quantitative estimate of drug-likeness (QED) is 0.297. The van der Waals surface area contributed by atoms with Crippen LogP contribution in [0.3, 0.4) is 0 Å². The third kappa shape index (κ3) is 4.08. The Bertz CT molecular complexity index is 2020. The summed E-state index contributed by atoms with van der Waals surface area (Å²) in [6, 6.07) is 3.70. The van der Waals surface area contributed by atoms with Crippen molar-refractivity contribution >= 4 is 17.5 Å². The first kappa shape index (κ1) is 35.5. The van der Waals surface area contributed by atoms with Crippen LogP contribution in [0.5, 0.6) is 11.5 Å². The fourth-order valence-corrected chi connectivity index (χ4v) is 14.2. The Labute approximate surface area is 314 Å². The summed E-state index contributed by atoms with van der Waals surface area (Å²) in [5.74, 6) is -2.28. The smallest absolute Gasteiger partial charge is 0.317 e. The van der Waals surface area contributed by atoms with Gasteiger partial charge in [-0.1, -0.05) is 72.6 Å². The lowest BCUT2D eigenvalue weighted by molar-refractivity contribution is -0.231. The maximum Gasteiger partial charge on any atom is 0.317 e. The summed E-state index contributed by atoms with van der Waals surface area (Å²) in [5.41, 5.74) is 1.20. The lowest BCUT2D eigenvalue weighted by Gasteiger charge is -2.70. The van der Waals surface area contributed by atoms with Crippen LogP contribution in [-0.4, -0.2) is 39.1 Å². The molecule has 0 bridgehead atoms. The third-order valence-electron chi connectivity index (χ3n) is 18.1. The highest BCUT2D eigenvalue weighted by Gasteiger charge is 2.71. The molecule has 0 radical (unpaired) electrons. The van der Waals surface area contributed by atoms with Crippen LogP contribution in [0.2, 0.25) is 0 Å². The van der Waals surface area contributed by atoms with Gasteiger partial charge in [-0.05, 0) is 140 Å². The minimum atomic E-state index is -2.29. The highest BCUT2D eigenvalue weighted by Crippen LogP contribution is 2.76. The van der Waals surface area contributed by atoms with E-state index in [9.17, 15) is 24.6 Å². The number of carbonyl (C=O) groups is 3. The van der Waals surface area contributed by atoms with E-state index in [0.29, 0.717) is 36.3 Å². The summed E-state index contributed by atoms with van der Waals surface area (Å²) in [4.78, 5) is 40.9. The molecule has 7 aliphatic carbocycles. The number of hydrogen-bond donors (Lipinski definition) is 2. The predicted octanol–water partition coefficient (Wildman–Crippen LogP) is 9.45. The molecule has 1 aliphatic heterocycles. The number of Topliss-reactive ketones (excluding diaryl/α,β-unsaturated/α-hetero) is 1. The molecule has 9 rings (SSSR count). The zero-order chi connectivity index (χ0) is 38.2. The van der Waals surface area contributed by atoms with Crippen molar-refractivity contribution in [1.29, 1.82) is 0 Å². The average Bonchev–Trinajstić information content (AvgIpc) is 3.08. The van der Waals surface area contributed by atoms with Crippen LogP contribution in [0.4, 0.5) is 0 Å². The molecule has 8 aliphatic rings. The van der Waals surface area contributed by atoms with Crippen LogP contribution in [-0.2, 0) is 15.0 Å². The van der Waals surface area contributed by atoms with Crippen molar-refractivity contribution in [2.45, 2.75) is 150 Å². The topological polar surface area (TPSA) is 110 Å². The molecule has 1 aromatic rings. The Morgan fingerprint density at radius 2 is 1.47 bits per heavy atom. The number of hydrogen-bond acceptors (Lipinski definition) is 6. The second-order valence-corrected chi connectivity index (χ2v) is 21.1. The Balaban J connectivity index is 1.14. The third-order valence-corrected chi connectivity index (χ3v) is 18.1. The highest BCUT2D eigenvalue weighted by molar-refractivity contribution is 6.03. The molecule has 284 valence electrons. The zero-order valence-corrected chi connectivity index (χ0v) is 33.3. The summed E-state index contributed by atoms with van der Waals surface area (Å²) in [6.45, 7) is 19.9. The molecular weight excluding hydrogens is 664 g/mol. The van der Waals surface area contributed by atoms with E-state index >= 15 is 0 Å². The van der Waals surface area contributed by atoms with E-state index in [-0.39, 0.29) is 44.7 Å².